The lowest BCUT2D eigenvalue weighted by Crippen LogP contribution is -2.55. The molecule has 0 aromatic carbocycles. The van der Waals surface area contributed by atoms with Crippen LogP contribution < -0.4 is 21.3 Å². The van der Waals surface area contributed by atoms with E-state index in [2.05, 4.69) is 21.3 Å². The van der Waals surface area contributed by atoms with Crippen molar-refractivity contribution in [3.05, 3.63) is 71.2 Å². The third-order valence-electron chi connectivity index (χ3n) is 9.47. The summed E-state index contributed by atoms with van der Waals surface area (Å²) in [5.41, 5.74) is 4.06. The number of nitrogens with zero attached hydrogens (tertiary/aromatic N) is 4. The Morgan fingerprint density at radius 2 is 1.70 bits per heavy atom. The average molecular weight is 631 g/mol. The number of rotatable bonds is 7. The van der Waals surface area contributed by atoms with Gasteiger partial charge < -0.3 is 44.3 Å². The summed E-state index contributed by atoms with van der Waals surface area (Å²) in [6.45, 7) is 11.6. The Hall–Kier alpha value is -3.88. The molecule has 0 radical (unpaired) electrons. The van der Waals surface area contributed by atoms with Crippen molar-refractivity contribution in [1.82, 2.24) is 40.0 Å². The normalized spacial score (nSPS) is 25.6. The van der Waals surface area contributed by atoms with Crippen molar-refractivity contribution >= 4 is 23.0 Å². The lowest BCUT2D eigenvalue weighted by atomic mass is 9.90. The molecule has 7 rings (SSSR count). The zero-order valence-electron chi connectivity index (χ0n) is 26.8. The summed E-state index contributed by atoms with van der Waals surface area (Å²) in [7, 11) is 0. The number of fused-ring (bicyclic) bond motifs is 2. The molecule has 7 heterocycles. The first-order chi connectivity index (χ1) is 22.2. The monoisotopic (exact) mass is 630 g/mol. The number of imidazole rings is 2. The number of morpholine rings is 2. The van der Waals surface area contributed by atoms with Crippen molar-refractivity contribution in [2.24, 2.45) is 0 Å². The highest BCUT2D eigenvalue weighted by molar-refractivity contribution is 5.82. The van der Waals surface area contributed by atoms with Gasteiger partial charge in [0.15, 0.2) is 0 Å². The molecule has 2 unspecified atom stereocenters. The fraction of sp³-hybridized carbons (Fsp3) is 0.515. The van der Waals surface area contributed by atoms with Crippen molar-refractivity contribution in [1.29, 1.82) is 0 Å². The highest BCUT2D eigenvalue weighted by Crippen LogP contribution is 2.43. The van der Waals surface area contributed by atoms with Crippen LogP contribution in [-0.4, -0.2) is 88.8 Å². The highest BCUT2D eigenvalue weighted by atomic mass is 16.5. The number of hydrogen-bond donors (Lipinski definition) is 4. The summed E-state index contributed by atoms with van der Waals surface area (Å²) in [5, 5.41) is 12.9. The van der Waals surface area contributed by atoms with Gasteiger partial charge >= 0.3 is 0 Å². The SMILES string of the molecule is Cc1cccn2c(C3(NC(=O)[C@@H]4CNCCO4)COC(c4ccn5c(C(C)(C)NC(=O)[C@@H]6CNCCO6)cnc5c4C)C3)ncc12. The molecule has 13 heteroatoms. The van der Waals surface area contributed by atoms with Crippen LogP contribution in [0.3, 0.4) is 0 Å². The van der Waals surface area contributed by atoms with E-state index in [1.165, 1.54) is 0 Å². The van der Waals surface area contributed by atoms with Gasteiger partial charge in [-0.05, 0) is 56.5 Å². The quantitative estimate of drug-likeness (QED) is 0.238. The Labute approximate surface area is 267 Å². The molecule has 3 aliphatic heterocycles. The van der Waals surface area contributed by atoms with Crippen LogP contribution in [0.1, 0.15) is 54.6 Å². The van der Waals surface area contributed by atoms with Crippen LogP contribution in [-0.2, 0) is 34.9 Å². The molecule has 3 aliphatic rings. The minimum Gasteiger partial charge on any atom is -0.370 e. The second kappa shape index (κ2) is 12.0. The van der Waals surface area contributed by atoms with E-state index in [0.29, 0.717) is 32.7 Å². The van der Waals surface area contributed by atoms with Gasteiger partial charge in [0.25, 0.3) is 11.8 Å². The molecule has 13 nitrogen and oxygen atoms in total. The molecule has 0 aliphatic carbocycles. The van der Waals surface area contributed by atoms with E-state index in [-0.39, 0.29) is 24.5 Å². The summed E-state index contributed by atoms with van der Waals surface area (Å²) in [6, 6.07) is 6.08. The maximum atomic E-state index is 13.6. The van der Waals surface area contributed by atoms with Gasteiger partial charge in [0, 0.05) is 45.0 Å². The van der Waals surface area contributed by atoms with Crippen LogP contribution in [0.5, 0.6) is 0 Å². The summed E-state index contributed by atoms with van der Waals surface area (Å²) in [5.74, 6) is 0.376. The molecule has 2 amide bonds. The van der Waals surface area contributed by atoms with Gasteiger partial charge in [-0.2, -0.15) is 0 Å². The van der Waals surface area contributed by atoms with Gasteiger partial charge in [-0.3, -0.25) is 9.59 Å². The van der Waals surface area contributed by atoms with E-state index in [1.54, 1.807) is 0 Å². The summed E-state index contributed by atoms with van der Waals surface area (Å²) < 4.78 is 22.0. The summed E-state index contributed by atoms with van der Waals surface area (Å²) in [4.78, 5) is 36.2. The number of aryl methyl sites for hydroxylation is 2. The van der Waals surface area contributed by atoms with Gasteiger partial charge in [0.05, 0.1) is 55.1 Å². The van der Waals surface area contributed by atoms with Crippen molar-refractivity contribution < 1.29 is 23.8 Å². The molecule has 0 saturated carbocycles. The van der Waals surface area contributed by atoms with Crippen LogP contribution in [0.4, 0.5) is 0 Å². The van der Waals surface area contributed by atoms with Crippen LogP contribution in [0.15, 0.2) is 43.0 Å². The molecule has 4 aromatic rings. The van der Waals surface area contributed by atoms with Crippen molar-refractivity contribution in [2.45, 2.75) is 63.5 Å². The Morgan fingerprint density at radius 1 is 0.957 bits per heavy atom. The molecule has 244 valence electrons. The predicted molar refractivity (Wildman–Crippen MR) is 169 cm³/mol. The maximum absolute atomic E-state index is 13.6. The zero-order valence-corrected chi connectivity index (χ0v) is 26.8. The standard InChI is InChI=1S/C33H42N8O5/c1-20-6-5-10-40-23(20)15-37-31(40)33(39-30(43)26-17-35-9-13-45-26)14-24(46-19-33)22-7-11-41-27(18-36-28(41)21(22)2)32(3,4)38-29(42)25-16-34-8-12-44-25/h5-7,10-11,15,18,24-26,34-35H,8-9,12-14,16-17,19H2,1-4H3,(H,38,42)(H,39,43)/t24?,25-,26-,33?/m0/s1. The van der Waals surface area contributed by atoms with Gasteiger partial charge in [-0.25, -0.2) is 9.97 Å². The van der Waals surface area contributed by atoms with Crippen LogP contribution in [0.2, 0.25) is 0 Å². The topological polar surface area (TPSA) is 145 Å². The van der Waals surface area contributed by atoms with E-state index in [4.69, 9.17) is 24.2 Å². The number of hydrogen-bond acceptors (Lipinski definition) is 9. The van der Waals surface area contributed by atoms with E-state index in [9.17, 15) is 9.59 Å². The van der Waals surface area contributed by atoms with E-state index >= 15 is 0 Å². The van der Waals surface area contributed by atoms with Gasteiger partial charge in [0.2, 0.25) is 0 Å². The lowest BCUT2D eigenvalue weighted by molar-refractivity contribution is -0.137. The first-order valence-corrected chi connectivity index (χ1v) is 16.0. The van der Waals surface area contributed by atoms with Gasteiger partial charge in [-0.1, -0.05) is 6.07 Å². The molecular formula is C33H42N8O5. The average Bonchev–Trinajstić information content (AvgIpc) is 3.81. The number of nitrogens with one attached hydrogen (secondary N) is 4. The minimum atomic E-state index is -0.885. The molecule has 3 saturated heterocycles. The molecule has 4 aromatic heterocycles. The van der Waals surface area contributed by atoms with Crippen molar-refractivity contribution in [3.8, 4) is 0 Å². The zero-order chi connectivity index (χ0) is 32.1. The first kappa shape index (κ1) is 30.8. The Balaban J connectivity index is 1.19. The maximum Gasteiger partial charge on any atom is 0.251 e. The third kappa shape index (κ3) is 5.45. The Morgan fingerprint density at radius 3 is 2.41 bits per heavy atom. The minimum absolute atomic E-state index is 0.158. The smallest absolute Gasteiger partial charge is 0.251 e. The first-order valence-electron chi connectivity index (χ1n) is 16.0. The molecule has 46 heavy (non-hydrogen) atoms. The second-order valence-corrected chi connectivity index (χ2v) is 13.1. The number of carbonyl (C=O) groups is 2. The van der Waals surface area contributed by atoms with Crippen molar-refractivity contribution in [3.63, 3.8) is 0 Å². The largest absolute Gasteiger partial charge is 0.370 e. The number of ether oxygens (including phenoxy) is 3. The third-order valence-corrected chi connectivity index (χ3v) is 9.47. The van der Waals surface area contributed by atoms with E-state index in [1.807, 2.05) is 79.5 Å². The van der Waals surface area contributed by atoms with E-state index < -0.39 is 23.3 Å². The summed E-state index contributed by atoms with van der Waals surface area (Å²) >= 11 is 0. The fourth-order valence-electron chi connectivity index (χ4n) is 6.94. The van der Waals surface area contributed by atoms with Crippen LogP contribution >= 0.6 is 0 Å². The van der Waals surface area contributed by atoms with Gasteiger partial charge in [-0.15, -0.1) is 0 Å². The van der Waals surface area contributed by atoms with E-state index in [0.717, 1.165) is 52.5 Å². The second-order valence-electron chi connectivity index (χ2n) is 13.1. The Kier molecular flexibility index (Phi) is 8.06. The predicted octanol–water partition coefficient (Wildman–Crippen LogP) is 1.40. The number of aromatic nitrogens is 4. The Bertz CT molecular complexity index is 1770. The van der Waals surface area contributed by atoms with Gasteiger partial charge in [0.1, 0.15) is 29.2 Å². The highest BCUT2D eigenvalue weighted by Gasteiger charge is 2.48. The van der Waals surface area contributed by atoms with Crippen LogP contribution in [0, 0.1) is 13.8 Å². The molecule has 4 N–H and O–H groups in total. The fourth-order valence-corrected chi connectivity index (χ4v) is 6.94. The molecule has 4 atom stereocenters. The number of pyridine rings is 2. The number of amides is 2. The molecule has 3 fully saturated rings. The summed E-state index contributed by atoms with van der Waals surface area (Å²) in [6.07, 6.45) is 6.65. The molecular weight excluding hydrogens is 588 g/mol. The molecule has 0 bridgehead atoms. The van der Waals surface area contributed by atoms with Crippen molar-refractivity contribution in [2.75, 3.05) is 46.0 Å². The lowest BCUT2D eigenvalue weighted by Gasteiger charge is -2.31. The van der Waals surface area contributed by atoms with Crippen LogP contribution in [0.25, 0.3) is 11.2 Å². The molecule has 0 spiro atoms. The number of carbonyl (C=O) groups excluding carboxylic acids is 2.